The van der Waals surface area contributed by atoms with E-state index in [1.165, 1.54) is 6.42 Å². The summed E-state index contributed by atoms with van der Waals surface area (Å²) in [6, 6.07) is 0.496. The van der Waals surface area contributed by atoms with Gasteiger partial charge in [-0.15, -0.1) is 0 Å². The molecule has 74 valence electrons. The van der Waals surface area contributed by atoms with Gasteiger partial charge in [-0.1, -0.05) is 13.3 Å². The Bertz CT molecular complexity index is 126. The minimum absolute atomic E-state index is 0. The molecule has 1 fully saturated rings. The lowest BCUT2D eigenvalue weighted by Crippen LogP contribution is -2.54. The van der Waals surface area contributed by atoms with Crippen LogP contribution in [0.4, 0.5) is 0 Å². The molecule has 0 spiro atoms. The van der Waals surface area contributed by atoms with Crippen molar-refractivity contribution in [1.82, 2.24) is 11.5 Å². The van der Waals surface area contributed by atoms with E-state index in [0.717, 1.165) is 19.6 Å². The largest absolute Gasteiger partial charge is 0.372 e. The smallest absolute Gasteiger partial charge is 0.0804 e. The van der Waals surface area contributed by atoms with Gasteiger partial charge in [-0.3, -0.25) is 0 Å². The summed E-state index contributed by atoms with van der Waals surface area (Å²) >= 11 is 0. The summed E-state index contributed by atoms with van der Waals surface area (Å²) in [6.07, 6.45) is 2.35. The highest BCUT2D eigenvalue weighted by molar-refractivity contribution is 4.88. The zero-order valence-electron chi connectivity index (χ0n) is 8.52. The summed E-state index contributed by atoms with van der Waals surface area (Å²) in [4.78, 5) is 0. The molecule has 1 heterocycles. The first kappa shape index (κ1) is 11.9. The van der Waals surface area contributed by atoms with Crippen molar-refractivity contribution in [2.75, 3.05) is 13.2 Å². The van der Waals surface area contributed by atoms with Gasteiger partial charge >= 0.3 is 0 Å². The molecular formula is C9H22N2O. The fraction of sp³-hybridized carbons (Fsp3) is 1.00. The zero-order valence-corrected chi connectivity index (χ0v) is 8.52. The highest BCUT2D eigenvalue weighted by Crippen LogP contribution is 2.23. The van der Waals surface area contributed by atoms with E-state index in [0.29, 0.717) is 6.04 Å². The first-order valence-corrected chi connectivity index (χ1v) is 4.56. The number of hydrogen-bond donors (Lipinski definition) is 2. The van der Waals surface area contributed by atoms with Crippen LogP contribution in [0.15, 0.2) is 0 Å². The summed E-state index contributed by atoms with van der Waals surface area (Å²) < 4.78 is 5.76. The van der Waals surface area contributed by atoms with Crippen molar-refractivity contribution >= 4 is 0 Å². The monoisotopic (exact) mass is 174 g/mol. The van der Waals surface area contributed by atoms with E-state index in [4.69, 9.17) is 4.74 Å². The van der Waals surface area contributed by atoms with Crippen molar-refractivity contribution in [3.05, 3.63) is 0 Å². The van der Waals surface area contributed by atoms with Crippen LogP contribution in [-0.2, 0) is 4.74 Å². The average Bonchev–Trinajstić information content (AvgIpc) is 1.96. The second kappa shape index (κ2) is 4.80. The Morgan fingerprint density at radius 2 is 2.25 bits per heavy atom. The van der Waals surface area contributed by atoms with Crippen LogP contribution in [0.25, 0.3) is 0 Å². The quantitative estimate of drug-likeness (QED) is 0.670. The molecule has 12 heavy (non-hydrogen) atoms. The second-order valence-corrected chi connectivity index (χ2v) is 3.59. The Kier molecular flexibility index (Phi) is 4.75. The molecule has 2 unspecified atom stereocenters. The van der Waals surface area contributed by atoms with Crippen LogP contribution in [-0.4, -0.2) is 24.8 Å². The second-order valence-electron chi connectivity index (χ2n) is 3.59. The lowest BCUT2D eigenvalue weighted by molar-refractivity contribution is -0.0847. The third-order valence-electron chi connectivity index (χ3n) is 2.65. The van der Waals surface area contributed by atoms with Gasteiger partial charge in [0.15, 0.2) is 0 Å². The lowest BCUT2D eigenvalue weighted by atomic mass is 9.91. The molecule has 0 aromatic carbocycles. The predicted molar refractivity (Wildman–Crippen MR) is 51.8 cm³/mol. The molecule has 4 N–H and O–H groups in total. The Morgan fingerprint density at radius 1 is 1.58 bits per heavy atom. The van der Waals surface area contributed by atoms with Crippen LogP contribution in [0.2, 0.25) is 0 Å². The minimum atomic E-state index is 0. The van der Waals surface area contributed by atoms with E-state index in [1.807, 2.05) is 0 Å². The topological polar surface area (TPSA) is 56.3 Å². The van der Waals surface area contributed by atoms with E-state index in [1.54, 1.807) is 0 Å². The molecule has 0 aromatic rings. The molecule has 0 amide bonds. The fourth-order valence-corrected chi connectivity index (χ4v) is 1.69. The molecule has 0 aliphatic carbocycles. The van der Waals surface area contributed by atoms with Gasteiger partial charge in [0.2, 0.25) is 0 Å². The van der Waals surface area contributed by atoms with Gasteiger partial charge in [-0.05, 0) is 20.3 Å². The maximum atomic E-state index is 5.76. The van der Waals surface area contributed by atoms with Crippen molar-refractivity contribution < 1.29 is 4.74 Å². The highest BCUT2D eigenvalue weighted by atomic mass is 16.5. The Labute approximate surface area is 75.5 Å². The van der Waals surface area contributed by atoms with E-state index in [-0.39, 0.29) is 11.8 Å². The molecule has 0 aromatic heterocycles. The molecule has 1 saturated heterocycles. The third kappa shape index (κ3) is 2.44. The molecule has 1 aliphatic heterocycles. The summed E-state index contributed by atoms with van der Waals surface area (Å²) in [7, 11) is 0. The van der Waals surface area contributed by atoms with Gasteiger partial charge in [0, 0.05) is 12.6 Å². The third-order valence-corrected chi connectivity index (χ3v) is 2.65. The number of rotatable bonds is 2. The first-order chi connectivity index (χ1) is 5.19. The van der Waals surface area contributed by atoms with Crippen LogP contribution in [0.1, 0.15) is 33.6 Å². The molecule has 1 aliphatic rings. The van der Waals surface area contributed by atoms with Crippen LogP contribution in [0, 0.1) is 0 Å². The van der Waals surface area contributed by atoms with E-state index in [2.05, 4.69) is 26.1 Å². The first-order valence-electron chi connectivity index (χ1n) is 4.56. The standard InChI is InChI=1S/C9H19NO.H3N/c1-4-5-9(3)8(2)10-6-7-11-9;/h8,10H,4-7H2,1-3H3;1H3. The van der Waals surface area contributed by atoms with Crippen molar-refractivity contribution in [1.29, 1.82) is 0 Å². The van der Waals surface area contributed by atoms with Crippen LogP contribution >= 0.6 is 0 Å². The van der Waals surface area contributed by atoms with E-state index >= 15 is 0 Å². The van der Waals surface area contributed by atoms with Crippen LogP contribution in [0.3, 0.4) is 0 Å². The molecular weight excluding hydrogens is 152 g/mol. The Hall–Kier alpha value is -0.120. The molecule has 0 radical (unpaired) electrons. The van der Waals surface area contributed by atoms with Gasteiger partial charge in [-0.2, -0.15) is 0 Å². The maximum Gasteiger partial charge on any atom is 0.0804 e. The van der Waals surface area contributed by atoms with E-state index < -0.39 is 0 Å². The summed E-state index contributed by atoms with van der Waals surface area (Å²) in [5.74, 6) is 0. The maximum absolute atomic E-state index is 5.76. The Morgan fingerprint density at radius 3 is 2.75 bits per heavy atom. The van der Waals surface area contributed by atoms with Crippen LogP contribution < -0.4 is 11.5 Å². The van der Waals surface area contributed by atoms with Crippen LogP contribution in [0.5, 0.6) is 0 Å². The van der Waals surface area contributed by atoms with Gasteiger partial charge in [-0.25, -0.2) is 0 Å². The van der Waals surface area contributed by atoms with Gasteiger partial charge in [0.1, 0.15) is 0 Å². The highest BCUT2D eigenvalue weighted by Gasteiger charge is 2.33. The number of morpholine rings is 1. The van der Waals surface area contributed by atoms with Crippen molar-refractivity contribution in [2.45, 2.75) is 45.3 Å². The van der Waals surface area contributed by atoms with Crippen molar-refractivity contribution in [2.24, 2.45) is 0 Å². The van der Waals surface area contributed by atoms with Gasteiger partial charge < -0.3 is 16.2 Å². The SMILES string of the molecule is CCCC1(C)OCCNC1C.N. The Balaban J connectivity index is 0.00000121. The number of nitrogens with one attached hydrogen (secondary N) is 1. The molecule has 3 heteroatoms. The predicted octanol–water partition coefficient (Wildman–Crippen LogP) is 1.72. The molecule has 0 saturated carbocycles. The molecule has 2 atom stereocenters. The van der Waals surface area contributed by atoms with Gasteiger partial charge in [0.05, 0.1) is 12.2 Å². The number of ether oxygens (including phenoxy) is 1. The summed E-state index contributed by atoms with van der Waals surface area (Å²) in [5, 5.41) is 3.43. The van der Waals surface area contributed by atoms with Gasteiger partial charge in [0.25, 0.3) is 0 Å². The normalized spacial score (nSPS) is 35.8. The minimum Gasteiger partial charge on any atom is -0.372 e. The fourth-order valence-electron chi connectivity index (χ4n) is 1.69. The van der Waals surface area contributed by atoms with E-state index in [9.17, 15) is 0 Å². The molecule has 0 bridgehead atoms. The average molecular weight is 174 g/mol. The number of hydrogen-bond acceptors (Lipinski definition) is 3. The summed E-state index contributed by atoms with van der Waals surface area (Å²) in [6.45, 7) is 8.47. The zero-order chi connectivity index (χ0) is 8.32. The lowest BCUT2D eigenvalue weighted by Gasteiger charge is -2.40. The van der Waals surface area contributed by atoms with Crippen molar-refractivity contribution in [3.8, 4) is 0 Å². The molecule has 1 rings (SSSR count). The summed E-state index contributed by atoms with van der Waals surface area (Å²) in [5.41, 5.74) is 0.0764. The van der Waals surface area contributed by atoms with Crippen molar-refractivity contribution in [3.63, 3.8) is 0 Å². The molecule has 3 nitrogen and oxygen atoms in total.